The number of rotatable bonds is 4. The van der Waals surface area contributed by atoms with E-state index in [2.05, 4.69) is 4.90 Å². The summed E-state index contributed by atoms with van der Waals surface area (Å²) in [5.74, 6) is -1.19. The fraction of sp³-hybridized carbons (Fsp3) is 0.533. The highest BCUT2D eigenvalue weighted by Gasteiger charge is 2.35. The first-order valence-corrected chi connectivity index (χ1v) is 6.88. The molecule has 102 valence electrons. The lowest BCUT2D eigenvalue weighted by molar-refractivity contribution is -0.140. The highest BCUT2D eigenvalue weighted by molar-refractivity contribution is 5.76. The molecule has 0 spiro atoms. The van der Waals surface area contributed by atoms with Gasteiger partial charge in [0.1, 0.15) is 0 Å². The van der Waals surface area contributed by atoms with Crippen molar-refractivity contribution in [3.05, 3.63) is 35.9 Å². The van der Waals surface area contributed by atoms with Crippen LogP contribution in [0.5, 0.6) is 0 Å². The molecule has 3 atom stereocenters. The molecule has 3 unspecified atom stereocenters. The zero-order valence-electron chi connectivity index (χ0n) is 10.9. The standard InChI is InChI=1S/C15H19NO3/c17-15(18)14(11-4-2-1-3-5-11)10-16-8-12-6-7-13(9-16)19-12/h1-5,12-14H,6-10H2,(H,17,18). The van der Waals surface area contributed by atoms with Crippen molar-refractivity contribution in [3.8, 4) is 0 Å². The Bertz CT molecular complexity index is 436. The summed E-state index contributed by atoms with van der Waals surface area (Å²) in [7, 11) is 0. The Hall–Kier alpha value is -1.39. The number of carboxylic acids is 1. The van der Waals surface area contributed by atoms with Crippen molar-refractivity contribution < 1.29 is 14.6 Å². The molecule has 4 heteroatoms. The molecule has 2 aliphatic rings. The third-order valence-corrected chi connectivity index (χ3v) is 4.06. The minimum absolute atomic E-state index is 0.309. The first-order valence-electron chi connectivity index (χ1n) is 6.88. The first kappa shape index (κ1) is 12.6. The topological polar surface area (TPSA) is 49.8 Å². The van der Waals surface area contributed by atoms with Gasteiger partial charge in [-0.05, 0) is 18.4 Å². The first-order chi connectivity index (χ1) is 9.22. The number of aliphatic carboxylic acids is 1. The maximum atomic E-state index is 11.5. The highest BCUT2D eigenvalue weighted by atomic mass is 16.5. The van der Waals surface area contributed by atoms with Gasteiger partial charge in [-0.2, -0.15) is 0 Å². The van der Waals surface area contributed by atoms with Crippen LogP contribution < -0.4 is 0 Å². The molecular formula is C15H19NO3. The van der Waals surface area contributed by atoms with Crippen LogP contribution in [0.2, 0.25) is 0 Å². The van der Waals surface area contributed by atoms with Crippen molar-refractivity contribution in [2.75, 3.05) is 19.6 Å². The molecule has 19 heavy (non-hydrogen) atoms. The molecule has 1 N–H and O–H groups in total. The normalized spacial score (nSPS) is 28.2. The second-order valence-corrected chi connectivity index (χ2v) is 5.48. The van der Waals surface area contributed by atoms with Gasteiger partial charge in [-0.25, -0.2) is 0 Å². The number of hydrogen-bond acceptors (Lipinski definition) is 3. The number of ether oxygens (including phenoxy) is 1. The molecule has 2 heterocycles. The molecule has 2 aliphatic heterocycles. The van der Waals surface area contributed by atoms with Crippen LogP contribution in [0.1, 0.15) is 24.3 Å². The zero-order valence-corrected chi connectivity index (χ0v) is 10.9. The van der Waals surface area contributed by atoms with Crippen LogP contribution in [0, 0.1) is 0 Å². The minimum Gasteiger partial charge on any atom is -0.481 e. The molecule has 0 amide bonds. The lowest BCUT2D eigenvalue weighted by Gasteiger charge is -2.33. The van der Waals surface area contributed by atoms with Crippen molar-refractivity contribution in [2.45, 2.75) is 31.0 Å². The Morgan fingerprint density at radius 2 is 1.89 bits per heavy atom. The van der Waals surface area contributed by atoms with E-state index in [0.717, 1.165) is 31.5 Å². The molecule has 0 saturated carbocycles. The van der Waals surface area contributed by atoms with Gasteiger partial charge < -0.3 is 9.84 Å². The van der Waals surface area contributed by atoms with Gasteiger partial charge in [-0.1, -0.05) is 30.3 Å². The summed E-state index contributed by atoms with van der Waals surface area (Å²) >= 11 is 0. The van der Waals surface area contributed by atoms with E-state index in [1.54, 1.807) is 0 Å². The van der Waals surface area contributed by atoms with E-state index in [9.17, 15) is 9.90 Å². The number of morpholine rings is 1. The third kappa shape index (κ3) is 2.80. The molecule has 0 radical (unpaired) electrons. The van der Waals surface area contributed by atoms with E-state index in [0.29, 0.717) is 18.8 Å². The van der Waals surface area contributed by atoms with Gasteiger partial charge >= 0.3 is 5.97 Å². The van der Waals surface area contributed by atoms with Crippen molar-refractivity contribution in [2.24, 2.45) is 0 Å². The Morgan fingerprint density at radius 3 is 2.47 bits per heavy atom. The number of carbonyl (C=O) groups is 1. The molecular weight excluding hydrogens is 242 g/mol. The third-order valence-electron chi connectivity index (χ3n) is 4.06. The van der Waals surface area contributed by atoms with Crippen LogP contribution in [-0.4, -0.2) is 47.8 Å². The Balaban J connectivity index is 1.70. The molecule has 0 aliphatic carbocycles. The van der Waals surface area contributed by atoms with Crippen molar-refractivity contribution in [1.29, 1.82) is 0 Å². The summed E-state index contributed by atoms with van der Waals surface area (Å²) in [6.07, 6.45) is 2.85. The van der Waals surface area contributed by atoms with Crippen LogP contribution in [0.4, 0.5) is 0 Å². The summed E-state index contributed by atoms with van der Waals surface area (Å²) < 4.78 is 5.79. The van der Waals surface area contributed by atoms with Gasteiger partial charge in [0, 0.05) is 19.6 Å². The van der Waals surface area contributed by atoms with Crippen molar-refractivity contribution in [1.82, 2.24) is 4.90 Å². The van der Waals surface area contributed by atoms with Gasteiger partial charge in [0.25, 0.3) is 0 Å². The second-order valence-electron chi connectivity index (χ2n) is 5.48. The molecule has 3 rings (SSSR count). The van der Waals surface area contributed by atoms with Crippen molar-refractivity contribution >= 4 is 5.97 Å². The smallest absolute Gasteiger partial charge is 0.312 e. The van der Waals surface area contributed by atoms with Gasteiger partial charge in [0.2, 0.25) is 0 Å². The van der Waals surface area contributed by atoms with Crippen molar-refractivity contribution in [3.63, 3.8) is 0 Å². The van der Waals surface area contributed by atoms with Gasteiger partial charge in [-0.3, -0.25) is 9.69 Å². The summed E-state index contributed by atoms with van der Waals surface area (Å²) in [4.78, 5) is 13.7. The molecule has 2 fully saturated rings. The lowest BCUT2D eigenvalue weighted by atomic mass is 9.98. The fourth-order valence-electron chi connectivity index (χ4n) is 3.12. The molecule has 4 nitrogen and oxygen atoms in total. The van der Waals surface area contributed by atoms with Gasteiger partial charge in [-0.15, -0.1) is 0 Å². The van der Waals surface area contributed by atoms with Gasteiger partial charge in [0.15, 0.2) is 0 Å². The average Bonchev–Trinajstić information content (AvgIpc) is 2.76. The maximum absolute atomic E-state index is 11.5. The molecule has 2 bridgehead atoms. The number of benzene rings is 1. The van der Waals surface area contributed by atoms with E-state index in [4.69, 9.17) is 4.74 Å². The van der Waals surface area contributed by atoms with E-state index < -0.39 is 11.9 Å². The number of fused-ring (bicyclic) bond motifs is 2. The van der Waals surface area contributed by atoms with Crippen LogP contribution >= 0.6 is 0 Å². The van der Waals surface area contributed by atoms with E-state index >= 15 is 0 Å². The highest BCUT2D eigenvalue weighted by Crippen LogP contribution is 2.28. The van der Waals surface area contributed by atoms with E-state index in [1.807, 2.05) is 30.3 Å². The average molecular weight is 261 g/mol. The number of carboxylic acid groups (broad SMARTS) is 1. The molecule has 2 saturated heterocycles. The summed E-state index contributed by atoms with van der Waals surface area (Å²) in [5, 5.41) is 9.45. The number of likely N-dealkylation sites (tertiary alicyclic amines) is 1. The number of hydrogen-bond donors (Lipinski definition) is 1. The zero-order chi connectivity index (χ0) is 13.2. The second kappa shape index (κ2) is 5.31. The Kier molecular flexibility index (Phi) is 3.53. The van der Waals surface area contributed by atoms with Gasteiger partial charge in [0.05, 0.1) is 18.1 Å². The SMILES string of the molecule is O=C(O)C(CN1CC2CCC(C1)O2)c1ccccc1. The van der Waals surface area contributed by atoms with Crippen LogP contribution in [0.15, 0.2) is 30.3 Å². The van der Waals surface area contributed by atoms with Crippen LogP contribution in [-0.2, 0) is 9.53 Å². The quantitative estimate of drug-likeness (QED) is 0.896. The molecule has 1 aromatic rings. The summed E-state index contributed by atoms with van der Waals surface area (Å²) in [6, 6.07) is 9.50. The summed E-state index contributed by atoms with van der Waals surface area (Å²) in [6.45, 7) is 2.32. The fourth-order valence-corrected chi connectivity index (χ4v) is 3.12. The monoisotopic (exact) mass is 261 g/mol. The molecule has 1 aromatic carbocycles. The van der Waals surface area contributed by atoms with Crippen LogP contribution in [0.3, 0.4) is 0 Å². The van der Waals surface area contributed by atoms with E-state index in [-0.39, 0.29) is 0 Å². The maximum Gasteiger partial charge on any atom is 0.312 e. The molecule has 0 aromatic heterocycles. The minimum atomic E-state index is -0.745. The number of nitrogens with zero attached hydrogens (tertiary/aromatic N) is 1. The Morgan fingerprint density at radius 1 is 1.26 bits per heavy atom. The Labute approximate surface area is 113 Å². The predicted molar refractivity (Wildman–Crippen MR) is 71.2 cm³/mol. The lowest BCUT2D eigenvalue weighted by Crippen LogP contribution is -2.45. The van der Waals surface area contributed by atoms with Crippen LogP contribution in [0.25, 0.3) is 0 Å². The summed E-state index contributed by atoms with van der Waals surface area (Å²) in [5.41, 5.74) is 0.883. The van der Waals surface area contributed by atoms with E-state index in [1.165, 1.54) is 0 Å². The predicted octanol–water partition coefficient (Wildman–Crippen LogP) is 1.72. The largest absolute Gasteiger partial charge is 0.481 e.